The fourth-order valence-electron chi connectivity index (χ4n) is 3.82. The van der Waals surface area contributed by atoms with E-state index in [1.54, 1.807) is 4.90 Å². The first kappa shape index (κ1) is 19.7. The van der Waals surface area contributed by atoms with Crippen LogP contribution in [0.4, 0.5) is 5.69 Å². The second kappa shape index (κ2) is 7.75. The zero-order valence-electron chi connectivity index (χ0n) is 15.0. The van der Waals surface area contributed by atoms with Crippen molar-refractivity contribution in [2.24, 2.45) is 17.1 Å². The number of para-hydroxylation sites is 1. The highest BCUT2D eigenvalue weighted by molar-refractivity contribution is 6.00. The van der Waals surface area contributed by atoms with Crippen molar-refractivity contribution in [3.8, 4) is 0 Å². The number of anilines is 1. The lowest BCUT2D eigenvalue weighted by Gasteiger charge is -2.25. The van der Waals surface area contributed by atoms with E-state index in [0.29, 0.717) is 26.1 Å². The Morgan fingerprint density at radius 1 is 1.36 bits per heavy atom. The van der Waals surface area contributed by atoms with Crippen molar-refractivity contribution in [2.45, 2.75) is 33.1 Å². The van der Waals surface area contributed by atoms with Crippen LogP contribution in [0.5, 0.6) is 0 Å². The van der Waals surface area contributed by atoms with Crippen LogP contribution in [-0.4, -0.2) is 42.9 Å². The summed E-state index contributed by atoms with van der Waals surface area (Å²) in [7, 11) is 0. The van der Waals surface area contributed by atoms with Gasteiger partial charge in [0.15, 0.2) is 0 Å². The van der Waals surface area contributed by atoms with Crippen molar-refractivity contribution in [1.82, 2.24) is 4.90 Å². The predicted molar refractivity (Wildman–Crippen MR) is 102 cm³/mol. The van der Waals surface area contributed by atoms with Crippen LogP contribution in [0.1, 0.15) is 32.3 Å². The molecule has 5 nitrogen and oxygen atoms in total. The van der Waals surface area contributed by atoms with Gasteiger partial charge in [0.25, 0.3) is 0 Å². The van der Waals surface area contributed by atoms with Gasteiger partial charge in [0, 0.05) is 31.7 Å². The number of hydrogen-bond acceptors (Lipinski definition) is 3. The predicted octanol–water partition coefficient (Wildman–Crippen LogP) is 2.22. The van der Waals surface area contributed by atoms with Gasteiger partial charge in [0.2, 0.25) is 11.8 Å². The molecule has 1 aromatic carbocycles. The molecule has 138 valence electrons. The van der Waals surface area contributed by atoms with E-state index in [4.69, 9.17) is 5.73 Å². The topological polar surface area (TPSA) is 66.6 Å². The fourth-order valence-corrected chi connectivity index (χ4v) is 3.82. The molecule has 0 saturated carbocycles. The van der Waals surface area contributed by atoms with Crippen LogP contribution in [0.2, 0.25) is 0 Å². The van der Waals surface area contributed by atoms with Gasteiger partial charge in [-0.3, -0.25) is 9.59 Å². The quantitative estimate of drug-likeness (QED) is 0.889. The van der Waals surface area contributed by atoms with Gasteiger partial charge in [-0.1, -0.05) is 32.0 Å². The molecule has 6 heteroatoms. The number of carbonyl (C=O) groups is 2. The van der Waals surface area contributed by atoms with Crippen LogP contribution in [0.3, 0.4) is 0 Å². The van der Waals surface area contributed by atoms with E-state index in [1.807, 2.05) is 29.2 Å². The average Bonchev–Trinajstić information content (AvgIpc) is 3.18. The van der Waals surface area contributed by atoms with E-state index in [9.17, 15) is 9.59 Å². The summed E-state index contributed by atoms with van der Waals surface area (Å²) in [6.07, 6.45) is 2.13. The van der Waals surface area contributed by atoms with E-state index < -0.39 is 0 Å². The maximum absolute atomic E-state index is 12.8. The van der Waals surface area contributed by atoms with Crippen molar-refractivity contribution in [1.29, 1.82) is 0 Å². The van der Waals surface area contributed by atoms with E-state index in [-0.39, 0.29) is 35.6 Å². The molecule has 0 aliphatic carbocycles. The molecule has 2 unspecified atom stereocenters. The maximum Gasteiger partial charge on any atom is 0.228 e. The maximum atomic E-state index is 12.8. The highest BCUT2D eigenvalue weighted by atomic mass is 35.5. The average molecular weight is 366 g/mol. The monoisotopic (exact) mass is 365 g/mol. The number of hydrogen-bond donors (Lipinski definition) is 1. The van der Waals surface area contributed by atoms with Crippen molar-refractivity contribution in [3.05, 3.63) is 29.8 Å². The van der Waals surface area contributed by atoms with E-state index in [2.05, 4.69) is 13.8 Å². The first-order valence-electron chi connectivity index (χ1n) is 8.84. The highest BCUT2D eigenvalue weighted by Gasteiger charge is 2.41. The fraction of sp³-hybridized carbons (Fsp3) is 0.579. The Bertz CT molecular complexity index is 651. The van der Waals surface area contributed by atoms with Crippen LogP contribution >= 0.6 is 12.4 Å². The lowest BCUT2D eigenvalue weighted by atomic mass is 9.90. The Morgan fingerprint density at radius 2 is 2.08 bits per heavy atom. The molecule has 0 spiro atoms. The van der Waals surface area contributed by atoms with Gasteiger partial charge in [0.1, 0.15) is 0 Å². The normalized spacial score (nSPS) is 26.0. The molecule has 2 saturated heterocycles. The van der Waals surface area contributed by atoms with Gasteiger partial charge in [-0.25, -0.2) is 0 Å². The summed E-state index contributed by atoms with van der Waals surface area (Å²) in [5.74, 6) is -0.0745. The summed E-state index contributed by atoms with van der Waals surface area (Å²) in [6.45, 7) is 6.76. The number of likely N-dealkylation sites (tertiary alicyclic amines) is 1. The second-order valence-electron chi connectivity index (χ2n) is 7.41. The van der Waals surface area contributed by atoms with Crippen LogP contribution in [0.15, 0.2) is 24.3 Å². The lowest BCUT2D eigenvalue weighted by Crippen LogP contribution is -2.38. The van der Waals surface area contributed by atoms with Crippen LogP contribution in [-0.2, 0) is 16.0 Å². The summed E-state index contributed by atoms with van der Waals surface area (Å²) in [5.41, 5.74) is 7.96. The smallest absolute Gasteiger partial charge is 0.228 e. The zero-order chi connectivity index (χ0) is 17.3. The van der Waals surface area contributed by atoms with Gasteiger partial charge in [-0.2, -0.15) is 0 Å². The number of aryl methyl sites for hydroxylation is 1. The molecule has 2 N–H and O–H groups in total. The minimum Gasteiger partial charge on any atom is -0.342 e. The molecule has 0 bridgehead atoms. The number of benzene rings is 1. The molecule has 1 aromatic rings. The molecule has 2 atom stereocenters. The first-order valence-corrected chi connectivity index (χ1v) is 8.84. The zero-order valence-corrected chi connectivity index (χ0v) is 15.8. The highest BCUT2D eigenvalue weighted by Crippen LogP contribution is 2.33. The Morgan fingerprint density at radius 3 is 2.72 bits per heavy atom. The molecule has 2 heterocycles. The van der Waals surface area contributed by atoms with E-state index in [1.165, 1.54) is 0 Å². The Kier molecular flexibility index (Phi) is 6.12. The molecule has 0 radical (unpaired) electrons. The van der Waals surface area contributed by atoms with Crippen LogP contribution < -0.4 is 10.6 Å². The van der Waals surface area contributed by atoms with Gasteiger partial charge < -0.3 is 15.5 Å². The van der Waals surface area contributed by atoms with Gasteiger partial charge in [-0.05, 0) is 36.4 Å². The minimum absolute atomic E-state index is 0. The Hall–Kier alpha value is -1.59. The van der Waals surface area contributed by atoms with Crippen molar-refractivity contribution < 1.29 is 9.59 Å². The summed E-state index contributed by atoms with van der Waals surface area (Å²) in [5, 5.41) is 0. The lowest BCUT2D eigenvalue weighted by molar-refractivity contribution is -0.135. The third-order valence-electron chi connectivity index (χ3n) is 5.50. The van der Waals surface area contributed by atoms with Gasteiger partial charge in [0.05, 0.1) is 5.92 Å². The first-order chi connectivity index (χ1) is 11.5. The second-order valence-corrected chi connectivity index (χ2v) is 7.41. The van der Waals surface area contributed by atoms with Crippen LogP contribution in [0.25, 0.3) is 0 Å². The molecule has 2 aliphatic rings. The minimum atomic E-state index is -0.234. The third-order valence-corrected chi connectivity index (χ3v) is 5.50. The summed E-state index contributed by atoms with van der Waals surface area (Å²) < 4.78 is 0. The molecule has 2 fully saturated rings. The molecular formula is C19H28ClN3O2. The molecule has 2 amide bonds. The number of rotatable bonds is 4. The third kappa shape index (κ3) is 3.82. The van der Waals surface area contributed by atoms with E-state index in [0.717, 1.165) is 30.6 Å². The van der Waals surface area contributed by atoms with Crippen molar-refractivity contribution >= 4 is 29.9 Å². The number of halogens is 1. The SMILES string of the molecule is CCc1ccccc1N1CC(C(=O)N2CCC(C)(CN)C2)CC1=O.Cl. The van der Waals surface area contributed by atoms with E-state index >= 15 is 0 Å². The standard InChI is InChI=1S/C19H27N3O2.ClH/c1-3-14-6-4-5-7-16(14)22-11-15(10-17(22)23)18(24)21-9-8-19(2,12-20)13-21;/h4-7,15H,3,8-13,20H2,1-2H3;1H. The molecule has 3 rings (SSSR count). The molecule has 2 aliphatic heterocycles. The summed E-state index contributed by atoms with van der Waals surface area (Å²) in [6, 6.07) is 7.96. The number of nitrogens with zero attached hydrogens (tertiary/aromatic N) is 2. The van der Waals surface area contributed by atoms with Gasteiger partial charge >= 0.3 is 0 Å². The van der Waals surface area contributed by atoms with Crippen LogP contribution in [0, 0.1) is 11.3 Å². The number of amides is 2. The molecule has 0 aromatic heterocycles. The number of carbonyl (C=O) groups excluding carboxylic acids is 2. The largest absolute Gasteiger partial charge is 0.342 e. The Labute approximate surface area is 155 Å². The molecule has 25 heavy (non-hydrogen) atoms. The summed E-state index contributed by atoms with van der Waals surface area (Å²) in [4.78, 5) is 29.0. The van der Waals surface area contributed by atoms with Crippen molar-refractivity contribution in [2.75, 3.05) is 31.1 Å². The summed E-state index contributed by atoms with van der Waals surface area (Å²) >= 11 is 0. The Balaban J connectivity index is 0.00000225. The number of nitrogens with two attached hydrogens (primary N) is 1. The molecular weight excluding hydrogens is 338 g/mol. The van der Waals surface area contributed by atoms with Gasteiger partial charge in [-0.15, -0.1) is 12.4 Å². The van der Waals surface area contributed by atoms with Crippen molar-refractivity contribution in [3.63, 3.8) is 0 Å².